The predicted molar refractivity (Wildman–Crippen MR) is 54.9 cm³/mol. The summed E-state index contributed by atoms with van der Waals surface area (Å²) in [6.07, 6.45) is 8.54. The van der Waals surface area contributed by atoms with E-state index in [1.54, 1.807) is 0 Å². The van der Waals surface area contributed by atoms with Gasteiger partial charge in [-0.15, -0.1) is 0 Å². The molecule has 1 aliphatic heterocycles. The van der Waals surface area contributed by atoms with E-state index in [0.29, 0.717) is 5.92 Å². The Labute approximate surface area is 86.0 Å². The minimum absolute atomic E-state index is 0.0933. The van der Waals surface area contributed by atoms with Crippen molar-refractivity contribution in [3.63, 3.8) is 0 Å². The number of esters is 1. The molecule has 14 heavy (non-hydrogen) atoms. The van der Waals surface area contributed by atoms with Crippen LogP contribution in [0.3, 0.4) is 0 Å². The zero-order valence-electron chi connectivity index (χ0n) is 9.00. The molecule has 0 bridgehead atoms. The fourth-order valence-corrected chi connectivity index (χ4v) is 2.90. The number of fused-ring (bicyclic) bond motifs is 1. The molecule has 0 aromatic rings. The second-order valence-corrected chi connectivity index (χ2v) is 4.67. The van der Waals surface area contributed by atoms with E-state index in [1.165, 1.54) is 32.1 Å². The Hall–Kier alpha value is -0.530. The maximum Gasteiger partial charge on any atom is 0.309 e. The largest absolute Gasteiger partial charge is 0.462 e. The molecule has 0 amide bonds. The maximum absolute atomic E-state index is 11.6. The summed E-state index contributed by atoms with van der Waals surface area (Å²) < 4.78 is 5.47. The van der Waals surface area contributed by atoms with Gasteiger partial charge in [0.2, 0.25) is 0 Å². The van der Waals surface area contributed by atoms with E-state index < -0.39 is 0 Å². The van der Waals surface area contributed by atoms with E-state index >= 15 is 0 Å². The van der Waals surface area contributed by atoms with E-state index in [2.05, 4.69) is 6.92 Å². The molecule has 2 aliphatic rings. The normalized spacial score (nSPS) is 36.6. The first-order valence-electron chi connectivity index (χ1n) is 6.03. The quantitative estimate of drug-likeness (QED) is 0.649. The monoisotopic (exact) mass is 196 g/mol. The van der Waals surface area contributed by atoms with Gasteiger partial charge in [-0.05, 0) is 19.3 Å². The van der Waals surface area contributed by atoms with Crippen LogP contribution in [0.1, 0.15) is 51.9 Å². The van der Waals surface area contributed by atoms with Crippen LogP contribution in [0, 0.1) is 11.8 Å². The lowest BCUT2D eigenvalue weighted by molar-refractivity contribution is -0.144. The Bertz CT molecular complexity index is 212. The van der Waals surface area contributed by atoms with Gasteiger partial charge in [-0.2, -0.15) is 0 Å². The molecular weight excluding hydrogens is 176 g/mol. The maximum atomic E-state index is 11.6. The van der Waals surface area contributed by atoms with Crippen molar-refractivity contribution in [1.29, 1.82) is 0 Å². The zero-order valence-corrected chi connectivity index (χ0v) is 9.00. The average molecular weight is 196 g/mol. The van der Waals surface area contributed by atoms with Crippen LogP contribution >= 0.6 is 0 Å². The summed E-state index contributed by atoms with van der Waals surface area (Å²) in [5.41, 5.74) is 0. The first-order valence-corrected chi connectivity index (χ1v) is 6.03. The second-order valence-electron chi connectivity index (χ2n) is 4.67. The number of unbranched alkanes of at least 4 members (excludes halogenated alkanes) is 1. The number of hydrogen-bond acceptors (Lipinski definition) is 2. The second kappa shape index (κ2) is 4.33. The molecule has 1 saturated heterocycles. The Morgan fingerprint density at radius 2 is 2.14 bits per heavy atom. The molecule has 3 unspecified atom stereocenters. The van der Waals surface area contributed by atoms with Gasteiger partial charge in [0.05, 0.1) is 5.92 Å². The zero-order chi connectivity index (χ0) is 9.97. The van der Waals surface area contributed by atoms with Gasteiger partial charge >= 0.3 is 5.97 Å². The van der Waals surface area contributed by atoms with Crippen LogP contribution < -0.4 is 0 Å². The summed E-state index contributed by atoms with van der Waals surface area (Å²) >= 11 is 0. The fraction of sp³-hybridized carbons (Fsp3) is 0.917. The average Bonchev–Trinajstić information content (AvgIpc) is 2.54. The van der Waals surface area contributed by atoms with Gasteiger partial charge in [0, 0.05) is 5.92 Å². The Morgan fingerprint density at radius 3 is 2.93 bits per heavy atom. The van der Waals surface area contributed by atoms with E-state index in [0.717, 1.165) is 12.8 Å². The van der Waals surface area contributed by atoms with Crippen LogP contribution in [-0.2, 0) is 9.53 Å². The number of carbonyl (C=O) groups is 1. The smallest absolute Gasteiger partial charge is 0.309 e. The Kier molecular flexibility index (Phi) is 3.09. The van der Waals surface area contributed by atoms with E-state index in [4.69, 9.17) is 4.74 Å². The van der Waals surface area contributed by atoms with Crippen molar-refractivity contribution in [3.8, 4) is 0 Å². The highest BCUT2D eigenvalue weighted by molar-refractivity contribution is 5.75. The third-order valence-electron chi connectivity index (χ3n) is 3.71. The van der Waals surface area contributed by atoms with Crippen LogP contribution in [0.25, 0.3) is 0 Å². The molecule has 0 N–H and O–H groups in total. The lowest BCUT2D eigenvalue weighted by Gasteiger charge is -2.24. The lowest BCUT2D eigenvalue weighted by Crippen LogP contribution is -2.24. The van der Waals surface area contributed by atoms with Gasteiger partial charge in [0.1, 0.15) is 6.10 Å². The van der Waals surface area contributed by atoms with Crippen molar-refractivity contribution < 1.29 is 9.53 Å². The number of ether oxygens (including phenoxy) is 1. The van der Waals surface area contributed by atoms with Crippen LogP contribution in [0.5, 0.6) is 0 Å². The lowest BCUT2D eigenvalue weighted by atomic mass is 9.77. The molecule has 1 aliphatic carbocycles. The minimum Gasteiger partial charge on any atom is -0.462 e. The molecule has 80 valence electrons. The molecule has 2 rings (SSSR count). The van der Waals surface area contributed by atoms with E-state index in [9.17, 15) is 4.79 Å². The summed E-state index contributed by atoms with van der Waals surface area (Å²) in [5, 5.41) is 0. The van der Waals surface area contributed by atoms with Crippen LogP contribution in [0.15, 0.2) is 0 Å². The number of carbonyl (C=O) groups excluding carboxylic acids is 1. The molecule has 2 fully saturated rings. The molecule has 2 nitrogen and oxygen atoms in total. The number of rotatable bonds is 3. The van der Waals surface area contributed by atoms with Gasteiger partial charge in [0.25, 0.3) is 0 Å². The van der Waals surface area contributed by atoms with Crippen LogP contribution in [0.4, 0.5) is 0 Å². The van der Waals surface area contributed by atoms with Gasteiger partial charge < -0.3 is 4.74 Å². The molecule has 0 aromatic carbocycles. The van der Waals surface area contributed by atoms with E-state index in [1.807, 2.05) is 0 Å². The molecule has 3 atom stereocenters. The summed E-state index contributed by atoms with van der Waals surface area (Å²) in [6.45, 7) is 2.19. The number of cyclic esters (lactones) is 1. The summed E-state index contributed by atoms with van der Waals surface area (Å²) in [5.74, 6) is 0.907. The molecule has 0 radical (unpaired) electrons. The third kappa shape index (κ3) is 1.79. The highest BCUT2D eigenvalue weighted by Gasteiger charge is 2.44. The minimum atomic E-state index is 0.0933. The van der Waals surface area contributed by atoms with Gasteiger partial charge in [-0.3, -0.25) is 4.79 Å². The van der Waals surface area contributed by atoms with Crippen LogP contribution in [0.2, 0.25) is 0 Å². The molecular formula is C12H20O2. The fourth-order valence-electron chi connectivity index (χ4n) is 2.90. The first kappa shape index (κ1) is 10.0. The van der Waals surface area contributed by atoms with Crippen molar-refractivity contribution in [2.75, 3.05) is 0 Å². The van der Waals surface area contributed by atoms with Crippen molar-refractivity contribution in [3.05, 3.63) is 0 Å². The standard InChI is InChI=1S/C12H20O2/c1-2-3-8-11-9-6-4-5-7-10(9)12(13)14-11/h9-11H,2-8H2,1H3. The summed E-state index contributed by atoms with van der Waals surface area (Å²) in [4.78, 5) is 11.6. The molecule has 2 heteroatoms. The number of hydrogen-bond donors (Lipinski definition) is 0. The van der Waals surface area contributed by atoms with Crippen LogP contribution in [-0.4, -0.2) is 12.1 Å². The molecule has 0 aromatic heterocycles. The molecule has 1 saturated carbocycles. The SMILES string of the molecule is CCCCC1OC(=O)C2CCCCC12. The van der Waals surface area contributed by atoms with Crippen molar-refractivity contribution in [2.45, 2.75) is 58.0 Å². The van der Waals surface area contributed by atoms with Gasteiger partial charge in [-0.25, -0.2) is 0 Å². The highest BCUT2D eigenvalue weighted by Crippen LogP contribution is 2.41. The highest BCUT2D eigenvalue weighted by atomic mass is 16.6. The predicted octanol–water partition coefficient (Wildman–Crippen LogP) is 2.91. The van der Waals surface area contributed by atoms with Gasteiger partial charge in [-0.1, -0.05) is 32.6 Å². The van der Waals surface area contributed by atoms with Crippen molar-refractivity contribution >= 4 is 5.97 Å². The topological polar surface area (TPSA) is 26.3 Å². The van der Waals surface area contributed by atoms with Gasteiger partial charge in [0.15, 0.2) is 0 Å². The molecule has 1 heterocycles. The summed E-state index contributed by atoms with van der Waals surface area (Å²) in [7, 11) is 0. The van der Waals surface area contributed by atoms with Crippen molar-refractivity contribution in [2.24, 2.45) is 11.8 Å². The first-order chi connectivity index (χ1) is 6.83. The Morgan fingerprint density at radius 1 is 1.36 bits per heavy atom. The third-order valence-corrected chi connectivity index (χ3v) is 3.71. The van der Waals surface area contributed by atoms with Crippen molar-refractivity contribution in [1.82, 2.24) is 0 Å². The molecule has 0 spiro atoms. The van der Waals surface area contributed by atoms with E-state index in [-0.39, 0.29) is 18.0 Å². The summed E-state index contributed by atoms with van der Waals surface area (Å²) in [6, 6.07) is 0. The Balaban J connectivity index is 1.95.